The van der Waals surface area contributed by atoms with E-state index in [9.17, 15) is 9.90 Å². The molecule has 9 nitrogen and oxygen atoms in total. The molecule has 11 heteroatoms. The van der Waals surface area contributed by atoms with Gasteiger partial charge in [-0.25, -0.2) is 4.79 Å². The molecule has 35 heavy (non-hydrogen) atoms. The van der Waals surface area contributed by atoms with E-state index in [1.807, 2.05) is 6.92 Å². The molecule has 1 aromatic heterocycles. The van der Waals surface area contributed by atoms with Gasteiger partial charge in [0.2, 0.25) is 5.88 Å². The molecule has 1 N–H and O–H groups in total. The molecule has 1 unspecified atom stereocenters. The lowest BCUT2D eigenvalue weighted by Crippen LogP contribution is -2.66. The highest BCUT2D eigenvalue weighted by atomic mass is 28.5. The van der Waals surface area contributed by atoms with Crippen molar-refractivity contribution in [2.24, 2.45) is 0 Å². The summed E-state index contributed by atoms with van der Waals surface area (Å²) in [6, 6.07) is 1.60. The molecule has 3 heterocycles. The van der Waals surface area contributed by atoms with E-state index in [1.165, 1.54) is 4.57 Å². The number of fused-ring (bicyclic) bond motifs is 1. The summed E-state index contributed by atoms with van der Waals surface area (Å²) in [7, 11) is -5.68. The van der Waals surface area contributed by atoms with Crippen molar-refractivity contribution in [1.82, 2.24) is 9.55 Å². The Kier molecular flexibility index (Phi) is 8.42. The number of ether oxygens (including phenoxy) is 2. The van der Waals surface area contributed by atoms with Crippen LogP contribution in [0.1, 0.15) is 75.5 Å². The van der Waals surface area contributed by atoms with E-state index in [0.29, 0.717) is 6.61 Å². The van der Waals surface area contributed by atoms with Crippen LogP contribution in [0.3, 0.4) is 0 Å². The molecule has 0 aromatic carbocycles. The molecule has 200 valence electrons. The van der Waals surface area contributed by atoms with Crippen molar-refractivity contribution in [2.45, 2.75) is 115 Å². The maximum atomic E-state index is 12.9. The lowest BCUT2D eigenvalue weighted by atomic mass is 9.96. The summed E-state index contributed by atoms with van der Waals surface area (Å²) in [5, 5.41) is 11.8. The van der Waals surface area contributed by atoms with Crippen LogP contribution in [0.5, 0.6) is 5.88 Å². The molecule has 0 radical (unpaired) electrons. The predicted octanol–water partition coefficient (Wildman–Crippen LogP) is 4.25. The van der Waals surface area contributed by atoms with Gasteiger partial charge >= 0.3 is 22.8 Å². The van der Waals surface area contributed by atoms with Gasteiger partial charge < -0.3 is 27.5 Å². The van der Waals surface area contributed by atoms with E-state index >= 15 is 0 Å². The molecule has 0 amide bonds. The topological polar surface area (TPSA) is 101 Å². The second-order valence-electron chi connectivity index (χ2n) is 11.2. The first kappa shape index (κ1) is 28.5. The third kappa shape index (κ3) is 4.93. The minimum atomic E-state index is -2.95. The van der Waals surface area contributed by atoms with Crippen LogP contribution in [0.25, 0.3) is 0 Å². The molecule has 2 aliphatic rings. The van der Waals surface area contributed by atoms with Gasteiger partial charge in [0, 0.05) is 12.3 Å². The van der Waals surface area contributed by atoms with Crippen LogP contribution in [0.4, 0.5) is 0 Å². The zero-order valence-electron chi connectivity index (χ0n) is 22.9. The SMILES string of the molecule is CCOc1ccn([C@@H]2O[C@H]3CO[Si](C(C)C)(C(C)C)O[Si](C(C)C)(C(C)C)OC3[C@@]2(C)O)c(=O)n1. The summed E-state index contributed by atoms with van der Waals surface area (Å²) in [6.45, 7) is 21.3. The fourth-order valence-corrected chi connectivity index (χ4v) is 16.8. The Bertz CT molecular complexity index is 919. The molecule has 0 spiro atoms. The molecule has 2 saturated heterocycles. The molecule has 2 aliphatic heterocycles. The van der Waals surface area contributed by atoms with Crippen LogP contribution in [0.2, 0.25) is 22.2 Å². The molecule has 1 aromatic rings. The van der Waals surface area contributed by atoms with Crippen molar-refractivity contribution in [2.75, 3.05) is 13.2 Å². The van der Waals surface area contributed by atoms with Gasteiger partial charge in [0.1, 0.15) is 17.8 Å². The Morgan fingerprint density at radius 1 is 1.11 bits per heavy atom. The normalized spacial score (nSPS) is 30.5. The zero-order valence-corrected chi connectivity index (χ0v) is 24.9. The van der Waals surface area contributed by atoms with E-state index in [1.54, 1.807) is 19.2 Å². The average Bonchev–Trinajstić information content (AvgIpc) is 2.97. The minimum Gasteiger partial charge on any atom is -0.478 e. The van der Waals surface area contributed by atoms with Crippen molar-refractivity contribution < 1.29 is 27.5 Å². The van der Waals surface area contributed by atoms with E-state index in [0.717, 1.165) is 0 Å². The van der Waals surface area contributed by atoms with Crippen LogP contribution in [0, 0.1) is 0 Å². The van der Waals surface area contributed by atoms with E-state index < -0.39 is 46.8 Å². The summed E-state index contributed by atoms with van der Waals surface area (Å²) in [5.74, 6) is 0.237. The van der Waals surface area contributed by atoms with Gasteiger partial charge in [0.05, 0.1) is 13.2 Å². The average molecular weight is 529 g/mol. The zero-order chi connectivity index (χ0) is 26.3. The van der Waals surface area contributed by atoms with Gasteiger partial charge in [-0.05, 0) is 36.0 Å². The highest BCUT2D eigenvalue weighted by molar-refractivity contribution is 6.84. The summed E-state index contributed by atoms with van der Waals surface area (Å²) in [5.41, 5.74) is -1.46. The van der Waals surface area contributed by atoms with Gasteiger partial charge in [-0.3, -0.25) is 4.57 Å². The highest BCUT2D eigenvalue weighted by Gasteiger charge is 2.64. The summed E-state index contributed by atoms with van der Waals surface area (Å²) < 4.78 is 33.9. The summed E-state index contributed by atoms with van der Waals surface area (Å²) in [4.78, 5) is 16.9. The Morgan fingerprint density at radius 2 is 1.69 bits per heavy atom. The monoisotopic (exact) mass is 528 g/mol. The lowest BCUT2D eigenvalue weighted by Gasteiger charge is -2.52. The second-order valence-corrected chi connectivity index (χ2v) is 20.0. The van der Waals surface area contributed by atoms with Crippen molar-refractivity contribution in [3.8, 4) is 5.88 Å². The predicted molar refractivity (Wildman–Crippen MR) is 138 cm³/mol. The molecule has 0 saturated carbocycles. The van der Waals surface area contributed by atoms with Crippen LogP contribution < -0.4 is 10.4 Å². The molecule has 0 aliphatic carbocycles. The number of hydrogen-bond acceptors (Lipinski definition) is 8. The molecular formula is C24H44N2O7Si2. The smallest absolute Gasteiger partial charge is 0.353 e. The maximum Gasteiger partial charge on any atom is 0.353 e. The Balaban J connectivity index is 2.10. The molecule has 3 rings (SSSR count). The Labute approximate surface area is 211 Å². The fourth-order valence-electron chi connectivity index (χ4n) is 5.49. The highest BCUT2D eigenvalue weighted by Crippen LogP contribution is 2.50. The van der Waals surface area contributed by atoms with Crippen LogP contribution in [0.15, 0.2) is 17.1 Å². The van der Waals surface area contributed by atoms with Crippen molar-refractivity contribution >= 4 is 17.1 Å². The molecular weight excluding hydrogens is 484 g/mol. The first-order valence-corrected chi connectivity index (χ1v) is 16.8. The summed E-state index contributed by atoms with van der Waals surface area (Å²) in [6.07, 6.45) is -0.734. The van der Waals surface area contributed by atoms with Crippen LogP contribution in [-0.4, -0.2) is 62.8 Å². The minimum absolute atomic E-state index is 0.110. The fraction of sp³-hybridized carbons (Fsp3) is 0.833. The second kappa shape index (κ2) is 10.3. The summed E-state index contributed by atoms with van der Waals surface area (Å²) >= 11 is 0. The third-order valence-corrected chi connectivity index (χ3v) is 17.6. The first-order chi connectivity index (χ1) is 16.2. The quantitative estimate of drug-likeness (QED) is 0.524. The maximum absolute atomic E-state index is 12.9. The molecule has 2 fully saturated rings. The van der Waals surface area contributed by atoms with E-state index in [-0.39, 0.29) is 34.7 Å². The first-order valence-electron chi connectivity index (χ1n) is 12.8. The van der Waals surface area contributed by atoms with Gasteiger partial charge in [-0.2, -0.15) is 4.98 Å². The standard InChI is InChI=1S/C24H44N2O7Si2/c1-11-29-20-12-13-26(23(27)25-20)22-24(10,28)21-19(31-22)14-30-34(15(2)3,16(4)5)33-35(32-21,17(6)7)18(8)9/h12-13,15-19,21-22,28H,11,14H2,1-10H3/t19-,21?,22+,24+/m0/s1. The van der Waals surface area contributed by atoms with Crippen molar-refractivity contribution in [1.29, 1.82) is 0 Å². The number of aliphatic hydroxyl groups is 1. The lowest BCUT2D eigenvalue weighted by molar-refractivity contribution is -0.0974. The number of aromatic nitrogens is 2. The van der Waals surface area contributed by atoms with Gasteiger partial charge in [0.15, 0.2) is 6.23 Å². The largest absolute Gasteiger partial charge is 0.478 e. The number of rotatable bonds is 7. The van der Waals surface area contributed by atoms with Crippen LogP contribution in [-0.2, 0) is 17.7 Å². The number of nitrogens with zero attached hydrogens (tertiary/aromatic N) is 2. The van der Waals surface area contributed by atoms with E-state index in [4.69, 9.17) is 22.4 Å². The van der Waals surface area contributed by atoms with Crippen LogP contribution >= 0.6 is 0 Å². The van der Waals surface area contributed by atoms with Crippen molar-refractivity contribution in [3.05, 3.63) is 22.7 Å². The molecule has 0 bridgehead atoms. The Hall–Kier alpha value is -1.09. The van der Waals surface area contributed by atoms with Crippen molar-refractivity contribution in [3.63, 3.8) is 0 Å². The molecule has 4 atom stereocenters. The van der Waals surface area contributed by atoms with E-state index in [2.05, 4.69) is 60.4 Å². The Morgan fingerprint density at radius 3 is 2.17 bits per heavy atom. The van der Waals surface area contributed by atoms with Gasteiger partial charge in [-0.1, -0.05) is 55.4 Å². The number of hydrogen-bond donors (Lipinski definition) is 1. The van der Waals surface area contributed by atoms with Gasteiger partial charge in [-0.15, -0.1) is 0 Å². The third-order valence-electron chi connectivity index (χ3n) is 7.39. The van der Waals surface area contributed by atoms with Gasteiger partial charge in [0.25, 0.3) is 0 Å².